The fourth-order valence-electron chi connectivity index (χ4n) is 4.22. The predicted molar refractivity (Wildman–Crippen MR) is 108 cm³/mol. The molecule has 1 N–H and O–H groups in total. The number of hydrogen-bond donors (Lipinski definition) is 1. The van der Waals surface area contributed by atoms with Gasteiger partial charge in [-0.15, -0.1) is 0 Å². The fraction of sp³-hybridized carbons (Fsp3) is 0.650. The molecule has 0 amide bonds. The summed E-state index contributed by atoms with van der Waals surface area (Å²) in [6.45, 7) is 4.70. The molecule has 4 rings (SSSR count). The van der Waals surface area contributed by atoms with E-state index in [1.807, 2.05) is 0 Å². The number of nitrogens with zero attached hydrogens (tertiary/aromatic N) is 5. The summed E-state index contributed by atoms with van der Waals surface area (Å²) in [6.07, 6.45) is 4.94. The van der Waals surface area contributed by atoms with Gasteiger partial charge in [0.05, 0.1) is 12.2 Å². The van der Waals surface area contributed by atoms with Crippen LogP contribution in [0, 0.1) is 0 Å². The van der Waals surface area contributed by atoms with Crippen molar-refractivity contribution in [2.45, 2.75) is 38.0 Å². The van der Waals surface area contributed by atoms with Crippen LogP contribution < -0.4 is 14.7 Å². The van der Waals surface area contributed by atoms with E-state index in [4.69, 9.17) is 4.74 Å². The lowest BCUT2D eigenvalue weighted by molar-refractivity contribution is 0.113. The molecule has 1 aromatic rings. The molecule has 0 unspecified atom stereocenters. The molecule has 0 aromatic heterocycles. The van der Waals surface area contributed by atoms with Crippen LogP contribution in [0.5, 0.6) is 5.75 Å². The number of piperidine rings is 1. The van der Waals surface area contributed by atoms with E-state index >= 15 is 0 Å². The van der Waals surface area contributed by atoms with Crippen LogP contribution in [0.1, 0.15) is 24.8 Å². The first-order valence-electron chi connectivity index (χ1n) is 9.93. The van der Waals surface area contributed by atoms with Gasteiger partial charge in [-0.05, 0) is 46.5 Å². The number of likely N-dealkylation sites (N-methyl/N-ethyl adjacent to an activating group) is 1. The lowest BCUT2D eigenvalue weighted by Crippen LogP contribution is -2.36. The van der Waals surface area contributed by atoms with E-state index in [9.17, 15) is 5.21 Å². The van der Waals surface area contributed by atoms with Gasteiger partial charge in [-0.3, -0.25) is 10.2 Å². The van der Waals surface area contributed by atoms with Crippen molar-refractivity contribution >= 4 is 17.7 Å². The lowest BCUT2D eigenvalue weighted by atomic mass is 10.1. The fourth-order valence-corrected chi connectivity index (χ4v) is 4.22. The number of hydrogen-bond acceptors (Lipinski definition) is 7. The van der Waals surface area contributed by atoms with Crippen LogP contribution in [0.3, 0.4) is 0 Å². The minimum atomic E-state index is 0.228. The van der Waals surface area contributed by atoms with Gasteiger partial charge < -0.3 is 19.4 Å². The predicted octanol–water partition coefficient (Wildman–Crippen LogP) is 2.04. The monoisotopic (exact) mass is 373 g/mol. The van der Waals surface area contributed by atoms with Gasteiger partial charge in [0.25, 0.3) is 0 Å². The first-order chi connectivity index (χ1) is 13.0. The average Bonchev–Trinajstić information content (AvgIpc) is 3.15. The normalized spacial score (nSPS) is 24.0. The van der Waals surface area contributed by atoms with Crippen molar-refractivity contribution < 1.29 is 9.94 Å². The molecule has 0 radical (unpaired) electrons. The number of ether oxygens (including phenoxy) is 1. The summed E-state index contributed by atoms with van der Waals surface area (Å²) in [7, 11) is 6.44. The second kappa shape index (κ2) is 7.66. The minimum absolute atomic E-state index is 0.228. The van der Waals surface area contributed by atoms with E-state index < -0.39 is 0 Å². The Morgan fingerprint density at radius 1 is 1.15 bits per heavy atom. The van der Waals surface area contributed by atoms with Crippen molar-refractivity contribution in [3.63, 3.8) is 0 Å². The molecule has 27 heavy (non-hydrogen) atoms. The van der Waals surface area contributed by atoms with E-state index in [2.05, 4.69) is 53.0 Å². The smallest absolute Gasteiger partial charge is 0.129 e. The molecule has 0 aliphatic carbocycles. The summed E-state index contributed by atoms with van der Waals surface area (Å²) in [5.74, 6) is 0.876. The Hall–Kier alpha value is -1.83. The maximum Gasteiger partial charge on any atom is 0.129 e. The largest absolute Gasteiger partial charge is 0.490 e. The zero-order valence-corrected chi connectivity index (χ0v) is 16.6. The van der Waals surface area contributed by atoms with Crippen LogP contribution in [0.25, 0.3) is 0 Å². The van der Waals surface area contributed by atoms with Crippen molar-refractivity contribution in [1.29, 1.82) is 0 Å². The highest BCUT2D eigenvalue weighted by atomic mass is 16.5. The molecule has 0 bridgehead atoms. The van der Waals surface area contributed by atoms with E-state index in [1.54, 1.807) is 0 Å². The Labute approximate surface area is 161 Å². The Bertz CT molecular complexity index is 700. The zero-order chi connectivity index (χ0) is 19.0. The highest BCUT2D eigenvalue weighted by Crippen LogP contribution is 2.38. The molecule has 2 fully saturated rings. The molecule has 3 aliphatic heterocycles. The van der Waals surface area contributed by atoms with Crippen LogP contribution in [-0.4, -0.2) is 80.8 Å². The standard InChI is InChI=1S/C20H31N5O2/c1-22(2)15-4-9-24(13-15)16-10-19-18(12-21-14-25(19)26)20(11-16)27-17-5-7-23(3)8-6-17/h10-11,14-15,17,26H,4-9,12-13H2,1-3H3/t15-/m1/s1. The number of likely N-dealkylation sites (tertiary alicyclic amines) is 1. The Balaban J connectivity index is 1.60. The number of aliphatic imine (C=N–C) groups is 1. The average molecular weight is 374 g/mol. The quantitative estimate of drug-likeness (QED) is 0.872. The molecule has 7 nitrogen and oxygen atoms in total. The van der Waals surface area contributed by atoms with Crippen molar-refractivity contribution in [2.75, 3.05) is 57.3 Å². The van der Waals surface area contributed by atoms with Crippen LogP contribution in [0.4, 0.5) is 11.4 Å². The summed E-state index contributed by atoms with van der Waals surface area (Å²) in [5, 5.41) is 11.5. The van der Waals surface area contributed by atoms with Gasteiger partial charge in [0.1, 0.15) is 18.2 Å². The Morgan fingerprint density at radius 3 is 2.63 bits per heavy atom. The van der Waals surface area contributed by atoms with Crippen molar-refractivity contribution in [3.8, 4) is 5.75 Å². The number of rotatable bonds is 4. The first-order valence-corrected chi connectivity index (χ1v) is 9.93. The first kappa shape index (κ1) is 18.5. The third kappa shape index (κ3) is 3.90. The Kier molecular flexibility index (Phi) is 5.25. The highest BCUT2D eigenvalue weighted by molar-refractivity contribution is 5.83. The summed E-state index contributed by atoms with van der Waals surface area (Å²) in [5.41, 5.74) is 2.89. The topological polar surface area (TPSA) is 54.8 Å². The zero-order valence-electron chi connectivity index (χ0n) is 16.6. The number of anilines is 2. The van der Waals surface area contributed by atoms with E-state index in [0.29, 0.717) is 12.6 Å². The van der Waals surface area contributed by atoms with E-state index in [1.165, 1.54) is 6.34 Å². The SMILES string of the molecule is CN1CCC(Oc2cc(N3CC[C@@H](N(C)C)C3)cc3c2CN=CN3O)CC1. The summed E-state index contributed by atoms with van der Waals surface area (Å²) in [4.78, 5) is 11.3. The van der Waals surface area contributed by atoms with Crippen molar-refractivity contribution in [2.24, 2.45) is 4.99 Å². The van der Waals surface area contributed by atoms with Crippen molar-refractivity contribution in [1.82, 2.24) is 9.80 Å². The van der Waals surface area contributed by atoms with Gasteiger partial charge >= 0.3 is 0 Å². The van der Waals surface area contributed by atoms with Gasteiger partial charge in [-0.1, -0.05) is 0 Å². The van der Waals surface area contributed by atoms with E-state index in [0.717, 1.165) is 73.2 Å². The molecule has 1 atom stereocenters. The maximum absolute atomic E-state index is 10.3. The van der Waals surface area contributed by atoms with Gasteiger partial charge in [-0.25, -0.2) is 5.06 Å². The summed E-state index contributed by atoms with van der Waals surface area (Å²) >= 11 is 0. The van der Waals surface area contributed by atoms with Gasteiger partial charge in [-0.2, -0.15) is 0 Å². The Morgan fingerprint density at radius 2 is 1.93 bits per heavy atom. The number of benzene rings is 1. The molecule has 148 valence electrons. The molecule has 3 aliphatic rings. The van der Waals surface area contributed by atoms with Crippen LogP contribution in [0.2, 0.25) is 0 Å². The molecule has 7 heteroatoms. The maximum atomic E-state index is 10.3. The summed E-state index contributed by atoms with van der Waals surface area (Å²) in [6, 6.07) is 4.79. The van der Waals surface area contributed by atoms with Gasteiger partial charge in [0, 0.05) is 49.5 Å². The molecule has 0 saturated carbocycles. The van der Waals surface area contributed by atoms with Crippen molar-refractivity contribution in [3.05, 3.63) is 17.7 Å². The van der Waals surface area contributed by atoms with Crippen LogP contribution in [0.15, 0.2) is 17.1 Å². The highest BCUT2D eigenvalue weighted by Gasteiger charge is 2.28. The summed E-state index contributed by atoms with van der Waals surface area (Å²) < 4.78 is 6.45. The van der Waals surface area contributed by atoms with Crippen LogP contribution in [-0.2, 0) is 6.54 Å². The molecular formula is C20H31N5O2. The minimum Gasteiger partial charge on any atom is -0.490 e. The van der Waals surface area contributed by atoms with Gasteiger partial charge in [0.2, 0.25) is 0 Å². The molecule has 0 spiro atoms. The third-order valence-corrected chi connectivity index (χ3v) is 6.08. The second-order valence-corrected chi connectivity index (χ2v) is 8.21. The van der Waals surface area contributed by atoms with E-state index in [-0.39, 0.29) is 6.10 Å². The number of fused-ring (bicyclic) bond motifs is 1. The lowest BCUT2D eigenvalue weighted by Gasteiger charge is -2.32. The molecule has 3 heterocycles. The van der Waals surface area contributed by atoms with Crippen LogP contribution >= 0.6 is 0 Å². The second-order valence-electron chi connectivity index (χ2n) is 8.21. The third-order valence-electron chi connectivity index (χ3n) is 6.08. The molecular weight excluding hydrogens is 342 g/mol. The number of hydroxylamine groups is 1. The molecule has 2 saturated heterocycles. The molecule has 1 aromatic carbocycles. The van der Waals surface area contributed by atoms with Gasteiger partial charge in [0.15, 0.2) is 0 Å².